The number of methoxy groups -OCH3 is 1. The Hall–Kier alpha value is -1.62. The van der Waals surface area contributed by atoms with Gasteiger partial charge in [0.15, 0.2) is 0 Å². The van der Waals surface area contributed by atoms with Gasteiger partial charge < -0.3 is 15.0 Å². The minimum atomic E-state index is 0.0630. The summed E-state index contributed by atoms with van der Waals surface area (Å²) in [5, 5.41) is 3.14. The van der Waals surface area contributed by atoms with E-state index in [1.165, 1.54) is 12.8 Å². The zero-order chi connectivity index (χ0) is 15.2. The van der Waals surface area contributed by atoms with E-state index in [1.807, 2.05) is 17.9 Å². The summed E-state index contributed by atoms with van der Waals surface area (Å²) < 4.78 is 5.15. The van der Waals surface area contributed by atoms with Crippen molar-refractivity contribution in [1.29, 1.82) is 0 Å². The molecular formula is C16H25N3O2. The fourth-order valence-corrected chi connectivity index (χ4v) is 2.52. The molecule has 1 aromatic rings. The lowest BCUT2D eigenvalue weighted by Gasteiger charge is -2.29. The van der Waals surface area contributed by atoms with Crippen molar-refractivity contribution in [2.24, 2.45) is 5.92 Å². The molecule has 1 atom stereocenters. The van der Waals surface area contributed by atoms with E-state index in [-0.39, 0.29) is 11.9 Å². The Balaban J connectivity index is 2.13. The van der Waals surface area contributed by atoms with Crippen LogP contribution in [0.15, 0.2) is 18.3 Å². The van der Waals surface area contributed by atoms with Gasteiger partial charge in [0.05, 0.1) is 6.61 Å². The third-order valence-electron chi connectivity index (χ3n) is 3.96. The molecule has 21 heavy (non-hydrogen) atoms. The molecule has 1 aliphatic carbocycles. The minimum absolute atomic E-state index is 0.0630. The monoisotopic (exact) mass is 291 g/mol. The number of hydrogen-bond donors (Lipinski definition) is 1. The second-order valence-electron chi connectivity index (χ2n) is 5.53. The summed E-state index contributed by atoms with van der Waals surface area (Å²) in [4.78, 5) is 19.0. The molecule has 0 radical (unpaired) electrons. The molecule has 0 bridgehead atoms. The lowest BCUT2D eigenvalue weighted by molar-refractivity contribution is 0.0594. The maximum absolute atomic E-state index is 12.8. The van der Waals surface area contributed by atoms with Crippen LogP contribution in [0.25, 0.3) is 0 Å². The first kappa shape index (κ1) is 15.8. The second kappa shape index (κ2) is 7.41. The standard InChI is InChI=1S/C16H25N3O2/c1-4-17-15-11-14(7-8-18-15)16(20)19(9-10-21-3)12(2)13-5-6-13/h7-8,11-13H,4-6,9-10H2,1-3H3,(H,17,18). The number of carbonyl (C=O) groups is 1. The number of carbonyl (C=O) groups excluding carboxylic acids is 1. The molecule has 5 nitrogen and oxygen atoms in total. The third kappa shape index (κ3) is 4.17. The summed E-state index contributed by atoms with van der Waals surface area (Å²) in [6.07, 6.45) is 4.12. The number of ether oxygens (including phenoxy) is 1. The summed E-state index contributed by atoms with van der Waals surface area (Å²) in [6.45, 7) is 6.13. The van der Waals surface area contributed by atoms with Crippen LogP contribution in [0, 0.1) is 5.92 Å². The van der Waals surface area contributed by atoms with Crippen molar-refractivity contribution in [3.8, 4) is 0 Å². The predicted octanol–water partition coefficient (Wildman–Crippen LogP) is 2.40. The molecule has 1 amide bonds. The Morgan fingerprint density at radius 2 is 2.33 bits per heavy atom. The quantitative estimate of drug-likeness (QED) is 0.799. The van der Waals surface area contributed by atoms with Gasteiger partial charge in [-0.2, -0.15) is 0 Å². The summed E-state index contributed by atoms with van der Waals surface area (Å²) in [6, 6.07) is 3.87. The zero-order valence-electron chi connectivity index (χ0n) is 13.1. The first-order chi connectivity index (χ1) is 10.2. The molecule has 1 aromatic heterocycles. The third-order valence-corrected chi connectivity index (χ3v) is 3.96. The number of rotatable bonds is 8. The van der Waals surface area contributed by atoms with E-state index in [0.29, 0.717) is 24.6 Å². The van der Waals surface area contributed by atoms with Gasteiger partial charge in [0.1, 0.15) is 5.82 Å². The molecule has 1 saturated carbocycles. The Morgan fingerprint density at radius 3 is 2.95 bits per heavy atom. The van der Waals surface area contributed by atoms with Gasteiger partial charge in [-0.15, -0.1) is 0 Å². The van der Waals surface area contributed by atoms with Gasteiger partial charge in [0.2, 0.25) is 0 Å². The topological polar surface area (TPSA) is 54.5 Å². The van der Waals surface area contributed by atoms with Crippen LogP contribution in [-0.2, 0) is 4.74 Å². The van der Waals surface area contributed by atoms with E-state index >= 15 is 0 Å². The van der Waals surface area contributed by atoms with Crippen LogP contribution in [0.3, 0.4) is 0 Å². The highest BCUT2D eigenvalue weighted by molar-refractivity contribution is 5.95. The molecular weight excluding hydrogens is 266 g/mol. The normalized spacial score (nSPS) is 15.6. The molecule has 1 unspecified atom stereocenters. The number of nitrogens with one attached hydrogen (secondary N) is 1. The SMILES string of the molecule is CCNc1cc(C(=O)N(CCOC)C(C)C2CC2)ccn1. The molecule has 5 heteroatoms. The van der Waals surface area contributed by atoms with E-state index < -0.39 is 0 Å². The fraction of sp³-hybridized carbons (Fsp3) is 0.625. The molecule has 2 rings (SSSR count). The number of pyridine rings is 1. The second-order valence-corrected chi connectivity index (χ2v) is 5.53. The van der Waals surface area contributed by atoms with E-state index in [1.54, 1.807) is 19.4 Å². The average molecular weight is 291 g/mol. The van der Waals surface area contributed by atoms with Crippen LogP contribution >= 0.6 is 0 Å². The Kier molecular flexibility index (Phi) is 5.56. The first-order valence-electron chi connectivity index (χ1n) is 7.67. The van der Waals surface area contributed by atoms with Gasteiger partial charge in [0, 0.05) is 38.0 Å². The molecule has 1 aliphatic rings. The van der Waals surface area contributed by atoms with Gasteiger partial charge in [-0.3, -0.25) is 4.79 Å². The number of amides is 1. The van der Waals surface area contributed by atoms with E-state index in [2.05, 4.69) is 17.2 Å². The molecule has 1 heterocycles. The number of anilines is 1. The van der Waals surface area contributed by atoms with Crippen LogP contribution in [0.4, 0.5) is 5.82 Å². The summed E-state index contributed by atoms with van der Waals surface area (Å²) in [5.74, 6) is 1.45. The highest BCUT2D eigenvalue weighted by Crippen LogP contribution is 2.35. The van der Waals surface area contributed by atoms with Crippen molar-refractivity contribution in [2.45, 2.75) is 32.7 Å². The van der Waals surface area contributed by atoms with Crippen LogP contribution in [-0.4, -0.2) is 48.6 Å². The number of hydrogen-bond acceptors (Lipinski definition) is 4. The van der Waals surface area contributed by atoms with Crippen LogP contribution in [0.2, 0.25) is 0 Å². The van der Waals surface area contributed by atoms with Gasteiger partial charge in [-0.25, -0.2) is 4.98 Å². The largest absolute Gasteiger partial charge is 0.383 e. The Labute approximate surface area is 126 Å². The summed E-state index contributed by atoms with van der Waals surface area (Å²) in [7, 11) is 1.67. The maximum Gasteiger partial charge on any atom is 0.254 e. The average Bonchev–Trinajstić information content (AvgIpc) is 3.32. The highest BCUT2D eigenvalue weighted by Gasteiger charge is 2.34. The molecule has 1 fully saturated rings. The van der Waals surface area contributed by atoms with E-state index in [4.69, 9.17) is 4.74 Å². The molecule has 116 valence electrons. The summed E-state index contributed by atoms with van der Waals surface area (Å²) >= 11 is 0. The number of nitrogens with zero attached hydrogens (tertiary/aromatic N) is 2. The lowest BCUT2D eigenvalue weighted by Crippen LogP contribution is -2.42. The highest BCUT2D eigenvalue weighted by atomic mass is 16.5. The van der Waals surface area contributed by atoms with Gasteiger partial charge in [-0.1, -0.05) is 0 Å². The molecule has 0 spiro atoms. The predicted molar refractivity (Wildman–Crippen MR) is 83.5 cm³/mol. The smallest absolute Gasteiger partial charge is 0.254 e. The van der Waals surface area contributed by atoms with Crippen molar-refractivity contribution in [3.63, 3.8) is 0 Å². The van der Waals surface area contributed by atoms with Gasteiger partial charge in [0.25, 0.3) is 5.91 Å². The molecule has 0 aromatic carbocycles. The van der Waals surface area contributed by atoms with Crippen molar-refractivity contribution in [2.75, 3.05) is 32.1 Å². The van der Waals surface area contributed by atoms with Gasteiger partial charge in [-0.05, 0) is 44.7 Å². The van der Waals surface area contributed by atoms with Crippen LogP contribution in [0.5, 0.6) is 0 Å². The Bertz CT molecular complexity index is 474. The van der Waals surface area contributed by atoms with Crippen molar-refractivity contribution >= 4 is 11.7 Å². The van der Waals surface area contributed by atoms with Crippen LogP contribution in [0.1, 0.15) is 37.0 Å². The zero-order valence-corrected chi connectivity index (χ0v) is 13.1. The molecule has 0 aliphatic heterocycles. The Morgan fingerprint density at radius 1 is 1.57 bits per heavy atom. The molecule has 1 N–H and O–H groups in total. The molecule has 0 saturated heterocycles. The lowest BCUT2D eigenvalue weighted by atomic mass is 10.1. The van der Waals surface area contributed by atoms with Crippen molar-refractivity contribution in [1.82, 2.24) is 9.88 Å². The van der Waals surface area contributed by atoms with E-state index in [0.717, 1.165) is 12.4 Å². The van der Waals surface area contributed by atoms with Crippen molar-refractivity contribution < 1.29 is 9.53 Å². The van der Waals surface area contributed by atoms with Crippen molar-refractivity contribution in [3.05, 3.63) is 23.9 Å². The maximum atomic E-state index is 12.8. The number of aromatic nitrogens is 1. The summed E-state index contributed by atoms with van der Waals surface area (Å²) in [5.41, 5.74) is 0.685. The van der Waals surface area contributed by atoms with E-state index in [9.17, 15) is 4.79 Å². The first-order valence-corrected chi connectivity index (χ1v) is 7.67. The fourth-order valence-electron chi connectivity index (χ4n) is 2.52. The minimum Gasteiger partial charge on any atom is -0.383 e. The van der Waals surface area contributed by atoms with Crippen LogP contribution < -0.4 is 5.32 Å². The van der Waals surface area contributed by atoms with Gasteiger partial charge >= 0.3 is 0 Å².